The highest BCUT2D eigenvalue weighted by Gasteiger charge is 2.24. The van der Waals surface area contributed by atoms with Crippen LogP contribution in [0.2, 0.25) is 0 Å². The van der Waals surface area contributed by atoms with Gasteiger partial charge in [0.1, 0.15) is 12.1 Å². The monoisotopic (exact) mass is 402 g/mol. The first-order chi connectivity index (χ1) is 12.8. The average molecular weight is 402 g/mol. The Bertz CT molecular complexity index is 655. The summed E-state index contributed by atoms with van der Waals surface area (Å²) in [5, 5.41) is 24.7. The maximum absolute atomic E-state index is 12.0. The minimum atomic E-state index is -1.32. The quantitative estimate of drug-likeness (QED) is 0.173. The fraction of sp³-hybridized carbons (Fsp3) is 0.500. The van der Waals surface area contributed by atoms with Gasteiger partial charge in [0.2, 0.25) is 17.7 Å². The molecule has 0 fully saturated rings. The minimum absolute atomic E-state index is 0.126. The Morgan fingerprint density at radius 1 is 1.22 bits per heavy atom. The van der Waals surface area contributed by atoms with Gasteiger partial charge in [-0.05, 0) is 0 Å². The first-order valence-corrected chi connectivity index (χ1v) is 8.46. The standard InChI is InChI=1S/C14H22N6O6S/c15-8(1-7-2-16-6-18-7)12(23)20-9(4-21)13(24)17-3-11(22)19-10(5-27)14(25)26/h2,6,8-10,21,27H,1,3-5,15H2,(H,16,18)(H,17,24)(H,19,22)(H,20,23)(H,25,26). The number of rotatable bonds is 11. The molecule has 0 saturated carbocycles. The first-order valence-electron chi connectivity index (χ1n) is 7.83. The van der Waals surface area contributed by atoms with Crippen molar-refractivity contribution in [2.45, 2.75) is 24.5 Å². The van der Waals surface area contributed by atoms with E-state index in [2.05, 4.69) is 38.5 Å². The van der Waals surface area contributed by atoms with E-state index in [0.717, 1.165) is 0 Å². The number of nitrogens with two attached hydrogens (primary N) is 1. The van der Waals surface area contributed by atoms with Crippen LogP contribution in [0.5, 0.6) is 0 Å². The fourth-order valence-electron chi connectivity index (χ4n) is 1.92. The van der Waals surface area contributed by atoms with E-state index in [-0.39, 0.29) is 12.2 Å². The zero-order valence-corrected chi connectivity index (χ0v) is 15.1. The van der Waals surface area contributed by atoms with Gasteiger partial charge in [-0.2, -0.15) is 12.6 Å². The number of imidazole rings is 1. The third kappa shape index (κ3) is 7.64. The minimum Gasteiger partial charge on any atom is -0.480 e. The molecule has 1 rings (SSSR count). The van der Waals surface area contributed by atoms with E-state index in [1.54, 1.807) is 0 Å². The maximum atomic E-state index is 12.0. The van der Waals surface area contributed by atoms with E-state index in [9.17, 15) is 24.3 Å². The van der Waals surface area contributed by atoms with Crippen LogP contribution in [0, 0.1) is 0 Å². The van der Waals surface area contributed by atoms with Crippen LogP contribution < -0.4 is 21.7 Å². The van der Waals surface area contributed by atoms with Crippen molar-refractivity contribution in [1.29, 1.82) is 0 Å². The number of amides is 3. The molecule has 0 saturated heterocycles. The van der Waals surface area contributed by atoms with Gasteiger partial charge in [0.15, 0.2) is 0 Å². The number of carbonyl (C=O) groups excluding carboxylic acids is 3. The fourth-order valence-corrected chi connectivity index (χ4v) is 2.17. The van der Waals surface area contributed by atoms with Crippen molar-refractivity contribution < 1.29 is 29.4 Å². The van der Waals surface area contributed by atoms with E-state index in [4.69, 9.17) is 10.8 Å². The molecule has 1 aromatic heterocycles. The zero-order valence-electron chi connectivity index (χ0n) is 14.2. The third-order valence-electron chi connectivity index (χ3n) is 3.39. The number of hydrogen-bond donors (Lipinski definition) is 8. The second-order valence-corrected chi connectivity index (χ2v) is 5.86. The molecule has 13 heteroatoms. The van der Waals surface area contributed by atoms with Crippen molar-refractivity contribution in [2.24, 2.45) is 5.73 Å². The summed E-state index contributed by atoms with van der Waals surface area (Å²) in [6, 6.07) is -3.51. The lowest BCUT2D eigenvalue weighted by molar-refractivity contribution is -0.141. The predicted octanol–water partition coefficient (Wildman–Crippen LogP) is -3.63. The van der Waals surface area contributed by atoms with Crippen molar-refractivity contribution in [2.75, 3.05) is 18.9 Å². The van der Waals surface area contributed by atoms with Gasteiger partial charge in [-0.15, -0.1) is 0 Å². The SMILES string of the molecule is NC(Cc1cnc[nH]1)C(=O)NC(CO)C(=O)NCC(=O)NC(CS)C(=O)O. The average Bonchev–Trinajstić information content (AvgIpc) is 3.14. The smallest absolute Gasteiger partial charge is 0.327 e. The highest BCUT2D eigenvalue weighted by molar-refractivity contribution is 7.80. The highest BCUT2D eigenvalue weighted by atomic mass is 32.1. The van der Waals surface area contributed by atoms with Crippen molar-refractivity contribution >= 4 is 36.3 Å². The van der Waals surface area contributed by atoms with Crippen LogP contribution in [0.4, 0.5) is 0 Å². The highest BCUT2D eigenvalue weighted by Crippen LogP contribution is 1.97. The molecule has 3 amide bonds. The molecule has 1 aromatic rings. The Hall–Kier alpha value is -2.64. The number of nitrogens with zero attached hydrogens (tertiary/aromatic N) is 1. The third-order valence-corrected chi connectivity index (χ3v) is 3.75. The summed E-state index contributed by atoms with van der Waals surface area (Å²) in [4.78, 5) is 53.0. The molecule has 0 bridgehead atoms. The normalized spacial score (nSPS) is 13.9. The Labute approximate surface area is 159 Å². The second-order valence-electron chi connectivity index (χ2n) is 5.49. The largest absolute Gasteiger partial charge is 0.480 e. The Balaban J connectivity index is 2.47. The van der Waals surface area contributed by atoms with Crippen molar-refractivity contribution in [3.8, 4) is 0 Å². The number of carbonyl (C=O) groups is 4. The summed E-state index contributed by atoms with van der Waals surface area (Å²) in [6.07, 6.45) is 3.07. The van der Waals surface area contributed by atoms with Gasteiger partial charge in [0.25, 0.3) is 0 Å². The lowest BCUT2D eigenvalue weighted by atomic mass is 10.1. The van der Waals surface area contributed by atoms with Gasteiger partial charge in [-0.3, -0.25) is 14.4 Å². The summed E-state index contributed by atoms with van der Waals surface area (Å²) >= 11 is 3.79. The Morgan fingerprint density at radius 2 is 1.93 bits per heavy atom. The summed E-state index contributed by atoms with van der Waals surface area (Å²) in [5.41, 5.74) is 6.35. The molecule has 0 aliphatic carbocycles. The number of carboxylic acids is 1. The Kier molecular flexibility index (Phi) is 9.25. The molecule has 0 aliphatic rings. The Morgan fingerprint density at radius 3 is 2.44 bits per heavy atom. The van der Waals surface area contributed by atoms with Gasteiger partial charge < -0.3 is 36.9 Å². The molecule has 12 nitrogen and oxygen atoms in total. The van der Waals surface area contributed by atoms with Gasteiger partial charge in [0.05, 0.1) is 25.5 Å². The number of aromatic nitrogens is 2. The summed E-state index contributed by atoms with van der Waals surface area (Å²) in [7, 11) is 0. The van der Waals surface area contributed by atoms with Crippen LogP contribution >= 0.6 is 12.6 Å². The number of aromatic amines is 1. The lowest BCUT2D eigenvalue weighted by Crippen LogP contribution is -2.55. The molecular formula is C14H22N6O6S. The van der Waals surface area contributed by atoms with Gasteiger partial charge in [-0.1, -0.05) is 0 Å². The molecule has 27 heavy (non-hydrogen) atoms. The molecule has 0 spiro atoms. The van der Waals surface area contributed by atoms with Gasteiger partial charge >= 0.3 is 5.97 Å². The van der Waals surface area contributed by atoms with E-state index >= 15 is 0 Å². The number of aliphatic carboxylic acids is 1. The first kappa shape index (κ1) is 22.4. The van der Waals surface area contributed by atoms with E-state index < -0.39 is 55.0 Å². The molecule has 3 atom stereocenters. The van der Waals surface area contributed by atoms with Crippen LogP contribution in [0.3, 0.4) is 0 Å². The summed E-state index contributed by atoms with van der Waals surface area (Å²) in [5.74, 6) is -3.66. The topological polar surface area (TPSA) is 200 Å². The molecule has 0 aromatic carbocycles. The van der Waals surface area contributed by atoms with Crippen LogP contribution in [-0.4, -0.2) is 80.9 Å². The van der Waals surface area contributed by atoms with Crippen LogP contribution in [-0.2, 0) is 25.6 Å². The number of aliphatic hydroxyl groups is 1. The predicted molar refractivity (Wildman–Crippen MR) is 95.7 cm³/mol. The van der Waals surface area contributed by atoms with Crippen LogP contribution in [0.1, 0.15) is 5.69 Å². The molecule has 0 radical (unpaired) electrons. The molecule has 0 aliphatic heterocycles. The number of aliphatic hydroxyl groups excluding tert-OH is 1. The lowest BCUT2D eigenvalue weighted by Gasteiger charge is -2.19. The second kappa shape index (κ2) is 11.2. The molecule has 3 unspecified atom stereocenters. The van der Waals surface area contributed by atoms with E-state index in [1.807, 2.05) is 0 Å². The van der Waals surface area contributed by atoms with Gasteiger partial charge in [-0.25, -0.2) is 9.78 Å². The van der Waals surface area contributed by atoms with Crippen molar-refractivity contribution in [1.82, 2.24) is 25.9 Å². The summed E-state index contributed by atoms with van der Waals surface area (Å²) in [6.45, 7) is -1.26. The molecule has 1 heterocycles. The molecular weight excluding hydrogens is 380 g/mol. The van der Waals surface area contributed by atoms with Gasteiger partial charge in [0, 0.05) is 24.1 Å². The summed E-state index contributed by atoms with van der Waals surface area (Å²) < 4.78 is 0. The zero-order chi connectivity index (χ0) is 20.4. The maximum Gasteiger partial charge on any atom is 0.327 e. The number of thiol groups is 1. The molecule has 150 valence electrons. The van der Waals surface area contributed by atoms with E-state index in [1.165, 1.54) is 12.5 Å². The van der Waals surface area contributed by atoms with Crippen molar-refractivity contribution in [3.05, 3.63) is 18.2 Å². The number of carboxylic acid groups (broad SMARTS) is 1. The molecule has 8 N–H and O–H groups in total. The van der Waals surface area contributed by atoms with E-state index in [0.29, 0.717) is 5.69 Å². The number of H-pyrrole nitrogens is 1. The van der Waals surface area contributed by atoms with Crippen LogP contribution in [0.25, 0.3) is 0 Å². The number of nitrogens with one attached hydrogen (secondary N) is 4. The number of hydrogen-bond acceptors (Lipinski definition) is 8. The van der Waals surface area contributed by atoms with Crippen molar-refractivity contribution in [3.63, 3.8) is 0 Å². The van der Waals surface area contributed by atoms with Crippen LogP contribution in [0.15, 0.2) is 12.5 Å².